The molecule has 0 bridgehead atoms. The number of para-hydroxylation sites is 1. The topological polar surface area (TPSA) is 49.4 Å². The van der Waals surface area contributed by atoms with Gasteiger partial charge in [-0.15, -0.1) is 0 Å². The second-order valence-electron chi connectivity index (χ2n) is 5.93. The molecule has 2 amide bonds. The van der Waals surface area contributed by atoms with Gasteiger partial charge in [0.05, 0.1) is 10.7 Å². The molecule has 1 aromatic carbocycles. The molecular formula is C16H23ClN2O2. The monoisotopic (exact) mass is 310 g/mol. The van der Waals surface area contributed by atoms with Crippen molar-refractivity contribution in [3.63, 3.8) is 0 Å². The largest absolute Gasteiger partial charge is 0.334 e. The third-order valence-electron chi connectivity index (χ3n) is 2.77. The minimum atomic E-state index is -0.649. The highest BCUT2D eigenvalue weighted by Crippen LogP contribution is 2.20. The molecule has 1 rings (SSSR count). The Morgan fingerprint density at radius 2 is 1.62 bits per heavy atom. The number of carbonyl (C=O) groups is 2. The van der Waals surface area contributed by atoms with Gasteiger partial charge in [0.15, 0.2) is 0 Å². The van der Waals surface area contributed by atoms with Crippen molar-refractivity contribution in [3.05, 3.63) is 29.3 Å². The van der Waals surface area contributed by atoms with Crippen molar-refractivity contribution < 1.29 is 9.59 Å². The minimum absolute atomic E-state index is 0.306. The molecule has 0 aliphatic heterocycles. The van der Waals surface area contributed by atoms with Gasteiger partial charge in [0.1, 0.15) is 0 Å². The Balaban J connectivity index is 2.78. The Morgan fingerprint density at radius 3 is 2.10 bits per heavy atom. The van der Waals surface area contributed by atoms with Crippen molar-refractivity contribution in [1.82, 2.24) is 4.90 Å². The molecule has 0 radical (unpaired) electrons. The van der Waals surface area contributed by atoms with Gasteiger partial charge in [-0.05, 0) is 24.0 Å². The summed E-state index contributed by atoms with van der Waals surface area (Å²) >= 11 is 5.98. The zero-order chi connectivity index (χ0) is 16.0. The molecule has 0 aromatic heterocycles. The fraction of sp³-hybridized carbons (Fsp3) is 0.500. The van der Waals surface area contributed by atoms with Crippen LogP contribution < -0.4 is 5.32 Å². The van der Waals surface area contributed by atoms with Gasteiger partial charge in [-0.25, -0.2) is 0 Å². The van der Waals surface area contributed by atoms with E-state index in [1.165, 1.54) is 0 Å². The predicted octanol–water partition coefficient (Wildman–Crippen LogP) is 3.42. The summed E-state index contributed by atoms with van der Waals surface area (Å²) in [5, 5.41) is 2.99. The SMILES string of the molecule is CC(C)CN(CC(C)C)C(=O)C(=O)Nc1ccccc1Cl. The lowest BCUT2D eigenvalue weighted by atomic mass is 10.1. The second kappa shape index (κ2) is 8.03. The molecule has 0 heterocycles. The molecule has 5 heteroatoms. The highest BCUT2D eigenvalue weighted by Gasteiger charge is 2.23. The zero-order valence-corrected chi connectivity index (χ0v) is 13.8. The van der Waals surface area contributed by atoms with Crippen LogP contribution in [0.2, 0.25) is 5.02 Å². The number of benzene rings is 1. The summed E-state index contributed by atoms with van der Waals surface area (Å²) in [5.74, 6) is -0.552. The number of nitrogens with one attached hydrogen (secondary N) is 1. The van der Waals surface area contributed by atoms with E-state index in [9.17, 15) is 9.59 Å². The third-order valence-corrected chi connectivity index (χ3v) is 3.10. The molecule has 0 saturated heterocycles. The Kier molecular flexibility index (Phi) is 6.69. The number of hydrogen-bond acceptors (Lipinski definition) is 2. The van der Waals surface area contributed by atoms with Crippen LogP contribution >= 0.6 is 11.6 Å². The molecule has 21 heavy (non-hydrogen) atoms. The van der Waals surface area contributed by atoms with E-state index in [1.807, 2.05) is 27.7 Å². The number of nitrogens with zero attached hydrogens (tertiary/aromatic N) is 1. The third kappa shape index (κ3) is 5.76. The van der Waals surface area contributed by atoms with E-state index in [-0.39, 0.29) is 0 Å². The number of anilines is 1. The van der Waals surface area contributed by atoms with Crippen LogP contribution in [0.4, 0.5) is 5.69 Å². The van der Waals surface area contributed by atoms with Crippen molar-refractivity contribution in [2.45, 2.75) is 27.7 Å². The normalized spacial score (nSPS) is 10.8. The van der Waals surface area contributed by atoms with E-state index < -0.39 is 11.8 Å². The fourth-order valence-corrected chi connectivity index (χ4v) is 2.19. The van der Waals surface area contributed by atoms with Crippen LogP contribution in [0, 0.1) is 11.8 Å². The summed E-state index contributed by atoms with van der Waals surface area (Å²) in [6.07, 6.45) is 0. The molecule has 4 nitrogen and oxygen atoms in total. The van der Waals surface area contributed by atoms with E-state index in [0.29, 0.717) is 35.6 Å². The minimum Gasteiger partial charge on any atom is -0.334 e. The fourth-order valence-electron chi connectivity index (χ4n) is 2.00. The van der Waals surface area contributed by atoms with Crippen LogP contribution in [0.5, 0.6) is 0 Å². The van der Waals surface area contributed by atoms with E-state index in [0.717, 1.165) is 0 Å². The van der Waals surface area contributed by atoms with Crippen molar-refractivity contribution in [2.75, 3.05) is 18.4 Å². The van der Waals surface area contributed by atoms with E-state index >= 15 is 0 Å². The molecule has 1 N–H and O–H groups in total. The van der Waals surface area contributed by atoms with Crippen LogP contribution in [-0.4, -0.2) is 29.8 Å². The van der Waals surface area contributed by atoms with Gasteiger partial charge in [0.25, 0.3) is 0 Å². The quantitative estimate of drug-likeness (QED) is 0.847. The second-order valence-corrected chi connectivity index (χ2v) is 6.34. The highest BCUT2D eigenvalue weighted by molar-refractivity contribution is 6.41. The van der Waals surface area contributed by atoms with Gasteiger partial charge in [0.2, 0.25) is 0 Å². The lowest BCUT2D eigenvalue weighted by molar-refractivity contribution is -0.143. The van der Waals surface area contributed by atoms with E-state index in [4.69, 9.17) is 11.6 Å². The number of halogens is 1. The summed E-state index contributed by atoms with van der Waals surface area (Å²) in [6.45, 7) is 9.21. The van der Waals surface area contributed by atoms with Gasteiger partial charge in [0, 0.05) is 13.1 Å². The summed E-state index contributed by atoms with van der Waals surface area (Å²) in [6, 6.07) is 6.86. The highest BCUT2D eigenvalue weighted by atomic mass is 35.5. The molecule has 0 aliphatic rings. The van der Waals surface area contributed by atoms with Gasteiger partial charge >= 0.3 is 11.8 Å². The maximum Gasteiger partial charge on any atom is 0.313 e. The first kappa shape index (κ1) is 17.5. The molecule has 116 valence electrons. The molecule has 0 spiro atoms. The molecule has 0 unspecified atom stereocenters. The maximum absolute atomic E-state index is 12.3. The van der Waals surface area contributed by atoms with E-state index in [1.54, 1.807) is 29.2 Å². The van der Waals surface area contributed by atoms with Gasteiger partial charge in [-0.3, -0.25) is 9.59 Å². The van der Waals surface area contributed by atoms with Gasteiger partial charge < -0.3 is 10.2 Å². The summed E-state index contributed by atoms with van der Waals surface area (Å²) in [5.41, 5.74) is 0.451. The van der Waals surface area contributed by atoms with Crippen LogP contribution in [0.1, 0.15) is 27.7 Å². The van der Waals surface area contributed by atoms with Crippen molar-refractivity contribution in [2.24, 2.45) is 11.8 Å². The Bertz CT molecular complexity index is 491. The maximum atomic E-state index is 12.3. The number of amides is 2. The van der Waals surface area contributed by atoms with Crippen LogP contribution in [-0.2, 0) is 9.59 Å². The smallest absolute Gasteiger partial charge is 0.313 e. The van der Waals surface area contributed by atoms with Crippen molar-refractivity contribution in [1.29, 1.82) is 0 Å². The summed E-state index contributed by atoms with van der Waals surface area (Å²) in [7, 11) is 0. The Morgan fingerprint density at radius 1 is 1.10 bits per heavy atom. The first-order valence-electron chi connectivity index (χ1n) is 7.16. The number of hydrogen-bond donors (Lipinski definition) is 1. The average Bonchev–Trinajstić information content (AvgIpc) is 2.38. The first-order valence-corrected chi connectivity index (χ1v) is 7.53. The van der Waals surface area contributed by atoms with Crippen LogP contribution in [0.25, 0.3) is 0 Å². The lowest BCUT2D eigenvalue weighted by Gasteiger charge is -2.25. The Hall–Kier alpha value is -1.55. The molecule has 0 saturated carbocycles. The zero-order valence-electron chi connectivity index (χ0n) is 13.0. The standard InChI is InChI=1S/C16H23ClN2O2/c1-11(2)9-19(10-12(3)4)16(21)15(20)18-14-8-6-5-7-13(14)17/h5-8,11-12H,9-10H2,1-4H3,(H,18,20). The van der Waals surface area contributed by atoms with Crippen molar-refractivity contribution >= 4 is 29.1 Å². The lowest BCUT2D eigenvalue weighted by Crippen LogP contribution is -2.43. The van der Waals surface area contributed by atoms with Crippen LogP contribution in [0.3, 0.4) is 0 Å². The van der Waals surface area contributed by atoms with Crippen LogP contribution in [0.15, 0.2) is 24.3 Å². The predicted molar refractivity (Wildman–Crippen MR) is 86.3 cm³/mol. The summed E-state index contributed by atoms with van der Waals surface area (Å²) < 4.78 is 0. The average molecular weight is 311 g/mol. The molecule has 1 aromatic rings. The first-order chi connectivity index (χ1) is 9.81. The summed E-state index contributed by atoms with van der Waals surface area (Å²) in [4.78, 5) is 26.0. The number of carbonyl (C=O) groups excluding carboxylic acids is 2. The van der Waals surface area contributed by atoms with Crippen molar-refractivity contribution in [3.8, 4) is 0 Å². The Labute approximate surface area is 131 Å². The molecule has 0 aliphatic carbocycles. The van der Waals surface area contributed by atoms with Gasteiger partial charge in [-0.2, -0.15) is 0 Å². The molecular weight excluding hydrogens is 288 g/mol. The molecule has 0 fully saturated rings. The van der Waals surface area contributed by atoms with Gasteiger partial charge in [-0.1, -0.05) is 51.4 Å². The number of rotatable bonds is 5. The van der Waals surface area contributed by atoms with E-state index in [2.05, 4.69) is 5.32 Å². The molecule has 0 atom stereocenters.